The molecule has 2 unspecified atom stereocenters. The quantitative estimate of drug-likeness (QED) is 0.735. The molecule has 2 saturated carbocycles. The van der Waals surface area contributed by atoms with Gasteiger partial charge in [0.15, 0.2) is 0 Å². The molecule has 1 aromatic carbocycles. The molecule has 17 heavy (non-hydrogen) atoms. The molecular formula is C15H16OS. The first kappa shape index (κ1) is 11.1. The Bertz CT molecular complexity index is 465. The number of carbonyl (C=O) groups excluding carboxylic acids is 1. The second kappa shape index (κ2) is 4.02. The van der Waals surface area contributed by atoms with Crippen LogP contribution in [0.1, 0.15) is 25.7 Å². The van der Waals surface area contributed by atoms with Crippen LogP contribution in [0.4, 0.5) is 0 Å². The topological polar surface area (TPSA) is 17.1 Å². The molecule has 2 atom stereocenters. The molecule has 0 aromatic heterocycles. The van der Waals surface area contributed by atoms with Gasteiger partial charge in [-0.2, -0.15) is 0 Å². The fourth-order valence-electron chi connectivity index (χ4n) is 3.15. The van der Waals surface area contributed by atoms with Gasteiger partial charge in [0.1, 0.15) is 5.78 Å². The lowest BCUT2D eigenvalue weighted by Crippen LogP contribution is -2.32. The summed E-state index contributed by atoms with van der Waals surface area (Å²) in [5.74, 6) is 0.961. The molecule has 3 rings (SSSR count). The molecule has 0 radical (unpaired) electrons. The molecule has 0 aliphatic heterocycles. The number of allylic oxidation sites excluding steroid dienone is 1. The summed E-state index contributed by atoms with van der Waals surface area (Å²) in [4.78, 5) is 13.5. The van der Waals surface area contributed by atoms with Gasteiger partial charge in [-0.05, 0) is 37.3 Å². The maximum Gasteiger partial charge on any atom is 0.149 e. The van der Waals surface area contributed by atoms with Crippen molar-refractivity contribution in [2.24, 2.45) is 5.92 Å². The zero-order valence-electron chi connectivity index (χ0n) is 9.82. The number of carbonyl (C=O) groups is 1. The summed E-state index contributed by atoms with van der Waals surface area (Å²) in [6, 6.07) is 10.3. The van der Waals surface area contributed by atoms with E-state index in [1.54, 1.807) is 11.8 Å². The van der Waals surface area contributed by atoms with E-state index < -0.39 is 0 Å². The molecule has 0 heterocycles. The fraction of sp³-hybridized carbons (Fsp3) is 0.400. The molecule has 2 heteroatoms. The van der Waals surface area contributed by atoms with Crippen molar-refractivity contribution in [3.63, 3.8) is 0 Å². The summed E-state index contributed by atoms with van der Waals surface area (Å²) in [6.07, 6.45) is 3.75. The van der Waals surface area contributed by atoms with E-state index in [9.17, 15) is 4.79 Å². The largest absolute Gasteiger partial charge is 0.298 e. The van der Waals surface area contributed by atoms with Crippen molar-refractivity contribution >= 4 is 17.5 Å². The van der Waals surface area contributed by atoms with Crippen LogP contribution in [0.15, 0.2) is 47.4 Å². The molecule has 0 saturated heterocycles. The first-order valence-electron chi connectivity index (χ1n) is 6.15. The SMILES string of the molecule is C=C1CC2CCC(=O)C2(Sc2ccccc2)C1. The van der Waals surface area contributed by atoms with Crippen molar-refractivity contribution < 1.29 is 4.79 Å². The van der Waals surface area contributed by atoms with Crippen LogP contribution in [0.5, 0.6) is 0 Å². The van der Waals surface area contributed by atoms with Crippen molar-refractivity contribution in [1.82, 2.24) is 0 Å². The van der Waals surface area contributed by atoms with E-state index in [0.717, 1.165) is 25.7 Å². The second-order valence-corrected chi connectivity index (χ2v) is 6.50. The molecule has 0 N–H and O–H groups in total. The molecule has 0 bridgehead atoms. The summed E-state index contributed by atoms with van der Waals surface area (Å²) in [7, 11) is 0. The van der Waals surface area contributed by atoms with Gasteiger partial charge in [-0.25, -0.2) is 0 Å². The summed E-state index contributed by atoms with van der Waals surface area (Å²) < 4.78 is -0.182. The highest BCUT2D eigenvalue weighted by molar-refractivity contribution is 8.01. The van der Waals surface area contributed by atoms with E-state index in [4.69, 9.17) is 0 Å². The van der Waals surface area contributed by atoms with Crippen molar-refractivity contribution in [3.8, 4) is 0 Å². The molecular weight excluding hydrogens is 228 g/mol. The van der Waals surface area contributed by atoms with Gasteiger partial charge in [-0.1, -0.05) is 30.4 Å². The summed E-state index contributed by atoms with van der Waals surface area (Å²) in [5.41, 5.74) is 1.26. The number of hydrogen-bond donors (Lipinski definition) is 0. The Labute approximate surface area is 106 Å². The van der Waals surface area contributed by atoms with Gasteiger partial charge < -0.3 is 0 Å². The van der Waals surface area contributed by atoms with E-state index in [1.807, 2.05) is 18.2 Å². The lowest BCUT2D eigenvalue weighted by Gasteiger charge is -2.26. The van der Waals surface area contributed by atoms with Crippen LogP contribution < -0.4 is 0 Å². The van der Waals surface area contributed by atoms with Gasteiger partial charge in [-0.15, -0.1) is 11.8 Å². The zero-order chi connectivity index (χ0) is 11.9. The lowest BCUT2D eigenvalue weighted by molar-refractivity contribution is -0.119. The van der Waals surface area contributed by atoms with Gasteiger partial charge in [-0.3, -0.25) is 4.79 Å². The standard InChI is InChI=1S/C15H16OS/c1-11-9-12-7-8-14(16)15(12,10-11)17-13-5-3-2-4-6-13/h2-6,12H,1,7-10H2. The number of rotatable bonds is 2. The molecule has 2 aliphatic rings. The number of benzene rings is 1. The Morgan fingerprint density at radius 2 is 2.06 bits per heavy atom. The van der Waals surface area contributed by atoms with Gasteiger partial charge >= 0.3 is 0 Å². The minimum absolute atomic E-state index is 0.182. The van der Waals surface area contributed by atoms with Crippen molar-refractivity contribution in [1.29, 1.82) is 0 Å². The smallest absolute Gasteiger partial charge is 0.149 e. The Hall–Kier alpha value is -1.02. The highest BCUT2D eigenvalue weighted by atomic mass is 32.2. The summed E-state index contributed by atoms with van der Waals surface area (Å²) in [5, 5.41) is 0. The van der Waals surface area contributed by atoms with Gasteiger partial charge in [0.2, 0.25) is 0 Å². The van der Waals surface area contributed by atoms with E-state index in [-0.39, 0.29) is 4.75 Å². The number of thioether (sulfide) groups is 1. The first-order valence-corrected chi connectivity index (χ1v) is 6.96. The minimum Gasteiger partial charge on any atom is -0.298 e. The number of Topliss-reactive ketones (excluding diaryl/α,β-unsaturated/α-hetero) is 1. The zero-order valence-corrected chi connectivity index (χ0v) is 10.6. The van der Waals surface area contributed by atoms with Gasteiger partial charge in [0.05, 0.1) is 4.75 Å². The summed E-state index contributed by atoms with van der Waals surface area (Å²) in [6.45, 7) is 4.09. The van der Waals surface area contributed by atoms with E-state index in [1.165, 1.54) is 10.5 Å². The minimum atomic E-state index is -0.182. The van der Waals surface area contributed by atoms with Crippen LogP contribution >= 0.6 is 11.8 Å². The third-order valence-corrected chi connectivity index (χ3v) is 5.52. The normalized spacial score (nSPS) is 31.9. The highest BCUT2D eigenvalue weighted by Crippen LogP contribution is 2.56. The van der Waals surface area contributed by atoms with Crippen LogP contribution in [-0.2, 0) is 4.79 Å². The number of fused-ring (bicyclic) bond motifs is 1. The van der Waals surface area contributed by atoms with Crippen LogP contribution in [0, 0.1) is 5.92 Å². The maximum absolute atomic E-state index is 12.3. The second-order valence-electron chi connectivity index (χ2n) is 5.09. The van der Waals surface area contributed by atoms with Crippen LogP contribution in [0.2, 0.25) is 0 Å². The van der Waals surface area contributed by atoms with E-state index >= 15 is 0 Å². The van der Waals surface area contributed by atoms with Crippen LogP contribution in [0.25, 0.3) is 0 Å². The van der Waals surface area contributed by atoms with Gasteiger partial charge in [0.25, 0.3) is 0 Å². The van der Waals surface area contributed by atoms with Crippen molar-refractivity contribution in [2.75, 3.05) is 0 Å². The van der Waals surface area contributed by atoms with Crippen LogP contribution in [0.3, 0.4) is 0 Å². The molecule has 2 fully saturated rings. The fourth-order valence-corrected chi connectivity index (χ4v) is 4.73. The predicted octanol–water partition coefficient (Wildman–Crippen LogP) is 3.85. The Morgan fingerprint density at radius 3 is 2.82 bits per heavy atom. The van der Waals surface area contributed by atoms with Gasteiger partial charge in [0, 0.05) is 11.3 Å². The van der Waals surface area contributed by atoms with Crippen molar-refractivity contribution in [2.45, 2.75) is 35.3 Å². The first-order chi connectivity index (χ1) is 8.21. The molecule has 0 amide bonds. The third-order valence-electron chi connectivity index (χ3n) is 3.94. The highest BCUT2D eigenvalue weighted by Gasteiger charge is 2.54. The summed E-state index contributed by atoms with van der Waals surface area (Å²) >= 11 is 1.77. The molecule has 0 spiro atoms. The number of hydrogen-bond acceptors (Lipinski definition) is 2. The monoisotopic (exact) mass is 244 g/mol. The van der Waals surface area contributed by atoms with E-state index in [2.05, 4.69) is 18.7 Å². The average molecular weight is 244 g/mol. The molecule has 88 valence electrons. The average Bonchev–Trinajstić information content (AvgIpc) is 2.77. The van der Waals surface area contributed by atoms with Crippen molar-refractivity contribution in [3.05, 3.63) is 42.5 Å². The molecule has 2 aliphatic carbocycles. The lowest BCUT2D eigenvalue weighted by atomic mass is 9.99. The number of ketones is 1. The Balaban J connectivity index is 1.93. The van der Waals surface area contributed by atoms with E-state index in [0.29, 0.717) is 11.7 Å². The molecule has 1 aromatic rings. The third kappa shape index (κ3) is 1.75. The Kier molecular flexibility index (Phi) is 2.62. The molecule has 1 nitrogen and oxygen atoms in total. The maximum atomic E-state index is 12.3. The Morgan fingerprint density at radius 1 is 1.29 bits per heavy atom. The predicted molar refractivity (Wildman–Crippen MR) is 71.1 cm³/mol. The van der Waals surface area contributed by atoms with Crippen LogP contribution in [-0.4, -0.2) is 10.5 Å².